The minimum absolute atomic E-state index is 0. The van der Waals surface area contributed by atoms with Gasteiger partial charge in [-0.3, -0.25) is 0 Å². The fraction of sp³-hybridized carbons (Fsp3) is 1.00. The van der Waals surface area contributed by atoms with Crippen LogP contribution in [0.4, 0.5) is 0 Å². The van der Waals surface area contributed by atoms with Gasteiger partial charge in [-0.25, -0.2) is 0 Å². The Morgan fingerprint density at radius 2 is 1.90 bits per heavy atom. The van der Waals surface area contributed by atoms with Crippen LogP contribution >= 0.6 is 12.4 Å². The largest absolute Gasteiger partial charge is 0.303 e. The smallest absolute Gasteiger partial charge is 0.00934 e. The molecule has 1 rings (SSSR count). The topological polar surface area (TPSA) is 3.24 Å². The molecular weight excluding hydrogens is 146 g/mol. The standard InChI is InChI=1S/C8H17N.ClH/c1-7(2)6-9(3)8-4-5-8;/h7-8H,4-6H2,1-3H3;1H. The van der Waals surface area contributed by atoms with Crippen LogP contribution in [0.25, 0.3) is 0 Å². The van der Waals surface area contributed by atoms with E-state index in [-0.39, 0.29) is 12.4 Å². The first kappa shape index (κ1) is 10.2. The van der Waals surface area contributed by atoms with Crippen molar-refractivity contribution in [3.63, 3.8) is 0 Å². The lowest BCUT2D eigenvalue weighted by molar-refractivity contribution is 0.286. The summed E-state index contributed by atoms with van der Waals surface area (Å²) < 4.78 is 0. The van der Waals surface area contributed by atoms with Crippen molar-refractivity contribution < 1.29 is 0 Å². The van der Waals surface area contributed by atoms with E-state index in [0.717, 1.165) is 12.0 Å². The van der Waals surface area contributed by atoms with Crippen LogP contribution in [0.2, 0.25) is 0 Å². The molecule has 0 spiro atoms. The van der Waals surface area contributed by atoms with Gasteiger partial charge in [0, 0.05) is 12.6 Å². The average Bonchev–Trinajstić information content (AvgIpc) is 2.40. The van der Waals surface area contributed by atoms with Crippen LogP contribution in [0.5, 0.6) is 0 Å². The predicted molar refractivity (Wildman–Crippen MR) is 47.7 cm³/mol. The van der Waals surface area contributed by atoms with Gasteiger partial charge in [0.25, 0.3) is 0 Å². The molecule has 2 heteroatoms. The van der Waals surface area contributed by atoms with Gasteiger partial charge >= 0.3 is 0 Å². The van der Waals surface area contributed by atoms with Crippen molar-refractivity contribution >= 4 is 12.4 Å². The molecule has 0 atom stereocenters. The van der Waals surface area contributed by atoms with Crippen molar-refractivity contribution in [2.24, 2.45) is 5.92 Å². The number of rotatable bonds is 3. The zero-order chi connectivity index (χ0) is 6.85. The van der Waals surface area contributed by atoms with Crippen LogP contribution in [-0.2, 0) is 0 Å². The van der Waals surface area contributed by atoms with E-state index in [1.807, 2.05) is 0 Å². The van der Waals surface area contributed by atoms with E-state index in [9.17, 15) is 0 Å². The quantitative estimate of drug-likeness (QED) is 0.617. The Balaban J connectivity index is 0.000000810. The van der Waals surface area contributed by atoms with Crippen molar-refractivity contribution in [3.05, 3.63) is 0 Å². The van der Waals surface area contributed by atoms with Crippen LogP contribution in [0.15, 0.2) is 0 Å². The second-order valence-electron chi connectivity index (χ2n) is 3.56. The molecule has 10 heavy (non-hydrogen) atoms. The zero-order valence-electron chi connectivity index (χ0n) is 7.13. The molecule has 1 fully saturated rings. The van der Waals surface area contributed by atoms with Crippen LogP contribution < -0.4 is 0 Å². The van der Waals surface area contributed by atoms with E-state index in [1.165, 1.54) is 19.4 Å². The third-order valence-corrected chi connectivity index (χ3v) is 1.82. The normalized spacial score (nSPS) is 17.7. The van der Waals surface area contributed by atoms with Crippen molar-refractivity contribution in [1.82, 2.24) is 4.90 Å². The Kier molecular flexibility index (Phi) is 4.30. The molecule has 0 heterocycles. The maximum Gasteiger partial charge on any atom is 0.00934 e. The van der Waals surface area contributed by atoms with Gasteiger partial charge in [0.15, 0.2) is 0 Å². The Morgan fingerprint density at radius 3 is 2.20 bits per heavy atom. The molecular formula is C8H18ClN. The zero-order valence-corrected chi connectivity index (χ0v) is 7.95. The Morgan fingerprint density at radius 1 is 1.40 bits per heavy atom. The number of hydrogen-bond acceptors (Lipinski definition) is 1. The third-order valence-electron chi connectivity index (χ3n) is 1.82. The van der Waals surface area contributed by atoms with Crippen LogP contribution in [-0.4, -0.2) is 24.5 Å². The molecule has 0 aromatic carbocycles. The summed E-state index contributed by atoms with van der Waals surface area (Å²) >= 11 is 0. The van der Waals surface area contributed by atoms with Gasteiger partial charge in [-0.2, -0.15) is 0 Å². The van der Waals surface area contributed by atoms with E-state index >= 15 is 0 Å². The molecule has 1 saturated carbocycles. The van der Waals surface area contributed by atoms with Crippen molar-refractivity contribution in [1.29, 1.82) is 0 Å². The van der Waals surface area contributed by atoms with Gasteiger partial charge in [-0.15, -0.1) is 12.4 Å². The number of halogens is 1. The lowest BCUT2D eigenvalue weighted by Gasteiger charge is -2.17. The van der Waals surface area contributed by atoms with Crippen LogP contribution in [0.3, 0.4) is 0 Å². The highest BCUT2D eigenvalue weighted by atomic mass is 35.5. The van der Waals surface area contributed by atoms with E-state index in [1.54, 1.807) is 0 Å². The minimum atomic E-state index is 0. The molecule has 62 valence electrons. The van der Waals surface area contributed by atoms with E-state index in [0.29, 0.717) is 0 Å². The number of hydrogen-bond donors (Lipinski definition) is 0. The molecule has 0 bridgehead atoms. The summed E-state index contributed by atoms with van der Waals surface area (Å²) in [6, 6.07) is 0.937. The first-order chi connectivity index (χ1) is 4.20. The average molecular weight is 164 g/mol. The van der Waals surface area contributed by atoms with Gasteiger partial charge in [0.1, 0.15) is 0 Å². The fourth-order valence-electron chi connectivity index (χ4n) is 1.24. The summed E-state index contributed by atoms with van der Waals surface area (Å²) in [5.41, 5.74) is 0. The predicted octanol–water partition coefficient (Wildman–Crippen LogP) is 2.16. The molecule has 1 aliphatic rings. The van der Waals surface area contributed by atoms with Crippen LogP contribution in [0.1, 0.15) is 26.7 Å². The van der Waals surface area contributed by atoms with Crippen molar-refractivity contribution in [3.8, 4) is 0 Å². The van der Waals surface area contributed by atoms with Gasteiger partial charge in [-0.05, 0) is 25.8 Å². The molecule has 0 amide bonds. The van der Waals surface area contributed by atoms with E-state index < -0.39 is 0 Å². The molecule has 0 unspecified atom stereocenters. The van der Waals surface area contributed by atoms with Gasteiger partial charge < -0.3 is 4.90 Å². The highest BCUT2D eigenvalue weighted by Gasteiger charge is 2.25. The maximum absolute atomic E-state index is 2.48. The van der Waals surface area contributed by atoms with Crippen molar-refractivity contribution in [2.75, 3.05) is 13.6 Å². The van der Waals surface area contributed by atoms with E-state index in [2.05, 4.69) is 25.8 Å². The first-order valence-electron chi connectivity index (χ1n) is 3.90. The molecule has 0 aromatic rings. The summed E-state index contributed by atoms with van der Waals surface area (Å²) in [5.74, 6) is 0.829. The van der Waals surface area contributed by atoms with Gasteiger partial charge in [-0.1, -0.05) is 13.8 Å². The number of nitrogens with zero attached hydrogens (tertiary/aromatic N) is 1. The second kappa shape index (κ2) is 4.20. The highest BCUT2D eigenvalue weighted by molar-refractivity contribution is 5.85. The lowest BCUT2D eigenvalue weighted by Crippen LogP contribution is -2.25. The summed E-state index contributed by atoms with van der Waals surface area (Å²) in [6.07, 6.45) is 2.87. The summed E-state index contributed by atoms with van der Waals surface area (Å²) in [7, 11) is 2.23. The first-order valence-corrected chi connectivity index (χ1v) is 3.90. The second-order valence-corrected chi connectivity index (χ2v) is 3.56. The Labute approximate surface area is 70.2 Å². The molecule has 0 radical (unpaired) electrons. The summed E-state index contributed by atoms with van der Waals surface area (Å²) in [6.45, 7) is 5.82. The van der Waals surface area contributed by atoms with Gasteiger partial charge in [0.2, 0.25) is 0 Å². The SMILES string of the molecule is CC(C)CN(C)C1CC1.Cl. The highest BCUT2D eigenvalue weighted by Crippen LogP contribution is 2.25. The monoisotopic (exact) mass is 163 g/mol. The fourth-order valence-corrected chi connectivity index (χ4v) is 1.24. The van der Waals surface area contributed by atoms with Crippen LogP contribution in [0, 0.1) is 5.92 Å². The molecule has 0 aliphatic heterocycles. The molecule has 0 saturated heterocycles. The lowest BCUT2D eigenvalue weighted by atomic mass is 10.2. The molecule has 0 N–H and O–H groups in total. The molecule has 0 aromatic heterocycles. The third kappa shape index (κ3) is 3.43. The molecule has 1 nitrogen and oxygen atoms in total. The Hall–Kier alpha value is 0.250. The summed E-state index contributed by atoms with van der Waals surface area (Å²) in [5, 5.41) is 0. The van der Waals surface area contributed by atoms with E-state index in [4.69, 9.17) is 0 Å². The van der Waals surface area contributed by atoms with Crippen molar-refractivity contribution in [2.45, 2.75) is 32.7 Å². The van der Waals surface area contributed by atoms with Gasteiger partial charge in [0.05, 0.1) is 0 Å². The Bertz CT molecular complexity index is 89.3. The minimum Gasteiger partial charge on any atom is -0.303 e. The maximum atomic E-state index is 2.48. The summed E-state index contributed by atoms with van der Waals surface area (Å²) in [4.78, 5) is 2.48. The molecule has 1 aliphatic carbocycles.